The highest BCUT2D eigenvalue weighted by Gasteiger charge is 2.38. The topological polar surface area (TPSA) is 98.8 Å². The second kappa shape index (κ2) is 8.61. The van der Waals surface area contributed by atoms with Crippen LogP contribution in [0.4, 0.5) is 13.6 Å². The zero-order chi connectivity index (χ0) is 20.1. The van der Waals surface area contributed by atoms with Gasteiger partial charge in [0.05, 0.1) is 23.8 Å². The van der Waals surface area contributed by atoms with Gasteiger partial charge in [-0.2, -0.15) is 0 Å². The van der Waals surface area contributed by atoms with Crippen LogP contribution >= 0.6 is 0 Å². The Morgan fingerprint density at radius 3 is 2.48 bits per heavy atom. The van der Waals surface area contributed by atoms with Gasteiger partial charge in [-0.25, -0.2) is 18.4 Å². The van der Waals surface area contributed by atoms with Crippen LogP contribution in [0.5, 0.6) is 0 Å². The molecular weight excluding hydrogens is 362 g/mol. The molecule has 7 nitrogen and oxygen atoms in total. The molecule has 0 spiro atoms. The van der Waals surface area contributed by atoms with E-state index in [9.17, 15) is 28.3 Å². The Balaban J connectivity index is 2.48. The second-order valence-electron chi connectivity index (χ2n) is 5.86. The average Bonchev–Trinajstić information content (AvgIpc) is 2.57. The number of aliphatic carboxylic acids is 1. The number of carboxylic acids is 1. The monoisotopic (exact) mass is 381 g/mol. The van der Waals surface area contributed by atoms with Crippen LogP contribution in [0.15, 0.2) is 29.5 Å². The zero-order valence-electron chi connectivity index (χ0n) is 14.9. The number of benzene rings is 1. The lowest BCUT2D eigenvalue weighted by atomic mass is 9.94. The normalized spacial score (nSPS) is 17.0. The van der Waals surface area contributed by atoms with Crippen LogP contribution in [0.1, 0.15) is 38.3 Å². The van der Waals surface area contributed by atoms with Crippen molar-refractivity contribution in [2.24, 2.45) is 0 Å². The summed E-state index contributed by atoms with van der Waals surface area (Å²) >= 11 is 0. The fraction of sp³-hybridized carbons (Fsp3) is 0.389. The number of carboxylic acid groups (broad SMARTS) is 1. The molecule has 0 fully saturated rings. The van der Waals surface area contributed by atoms with Gasteiger partial charge in [0.1, 0.15) is 11.6 Å². The lowest BCUT2D eigenvalue weighted by molar-refractivity contribution is -0.305. The molecule has 146 valence electrons. The first-order chi connectivity index (χ1) is 12.8. The number of allylic oxidation sites excluding steroid dienone is 1. The van der Waals surface area contributed by atoms with E-state index in [1.165, 1.54) is 13.0 Å². The molecule has 0 saturated carbocycles. The van der Waals surface area contributed by atoms with Crippen molar-refractivity contribution in [1.29, 1.82) is 0 Å². The van der Waals surface area contributed by atoms with Gasteiger partial charge >= 0.3 is 12.0 Å². The second-order valence-corrected chi connectivity index (χ2v) is 5.86. The number of hydrogen-bond acceptors (Lipinski definition) is 5. The molecule has 1 atom stereocenters. The molecule has 1 aromatic rings. The maximum Gasteiger partial charge on any atom is 0.338 e. The summed E-state index contributed by atoms with van der Waals surface area (Å²) in [6, 6.07) is 1.15. The summed E-state index contributed by atoms with van der Waals surface area (Å²) in [4.78, 5) is 36.6. The van der Waals surface area contributed by atoms with Crippen LogP contribution in [-0.4, -0.2) is 36.0 Å². The number of esters is 1. The number of ether oxygens (including phenoxy) is 1. The van der Waals surface area contributed by atoms with E-state index in [0.717, 1.165) is 17.0 Å². The molecule has 0 bridgehead atoms. The lowest BCUT2D eigenvalue weighted by Gasteiger charge is -2.35. The molecule has 0 aromatic heterocycles. The molecule has 27 heavy (non-hydrogen) atoms. The van der Waals surface area contributed by atoms with E-state index >= 15 is 0 Å². The molecule has 1 aliphatic heterocycles. The number of hydrogen-bond donors (Lipinski definition) is 1. The maximum absolute atomic E-state index is 14.2. The third-order valence-electron chi connectivity index (χ3n) is 4.14. The molecule has 1 aliphatic rings. The molecule has 0 radical (unpaired) electrons. The first-order valence-electron chi connectivity index (χ1n) is 8.37. The maximum atomic E-state index is 14.2. The van der Waals surface area contributed by atoms with Crippen LogP contribution in [0.25, 0.3) is 0 Å². The summed E-state index contributed by atoms with van der Waals surface area (Å²) in [6.45, 7) is 3.03. The van der Waals surface area contributed by atoms with Crippen LogP contribution < -0.4 is 10.4 Å². The first-order valence-corrected chi connectivity index (χ1v) is 8.37. The smallest absolute Gasteiger partial charge is 0.338 e. The van der Waals surface area contributed by atoms with E-state index in [4.69, 9.17) is 4.74 Å². The standard InChI is InChI=1S/C18H20F2N2O5/c1-3-27-17(25)14-10(2)22(9-5-8-13(23)24)18(26)21-16(14)15-11(19)6-4-7-12(15)20/h4,6-7,16H,3,5,8-9H2,1-2H3,(H,21,26)(H,23,24)/p-1/t16-/m1/s1. The summed E-state index contributed by atoms with van der Waals surface area (Å²) in [5.41, 5.74) is -0.445. The molecule has 2 rings (SSSR count). The minimum atomic E-state index is -1.37. The SMILES string of the molecule is CCOC(=O)C1=C(C)N(CCCC(=O)[O-])C(=O)N[C@H]1c1c(F)cccc1F. The largest absolute Gasteiger partial charge is 0.550 e. The van der Waals surface area contributed by atoms with Gasteiger partial charge in [-0.3, -0.25) is 4.90 Å². The van der Waals surface area contributed by atoms with Gasteiger partial charge in [-0.15, -0.1) is 0 Å². The predicted molar refractivity (Wildman–Crippen MR) is 87.9 cm³/mol. The Hall–Kier alpha value is -2.97. The number of halogens is 2. The van der Waals surface area contributed by atoms with Crippen molar-refractivity contribution in [3.8, 4) is 0 Å². The first kappa shape index (κ1) is 20.3. The molecule has 1 heterocycles. The van der Waals surface area contributed by atoms with Crippen molar-refractivity contribution in [1.82, 2.24) is 10.2 Å². The van der Waals surface area contributed by atoms with Crippen molar-refractivity contribution in [3.05, 3.63) is 46.7 Å². The summed E-state index contributed by atoms with van der Waals surface area (Å²) < 4.78 is 33.5. The van der Waals surface area contributed by atoms with Crippen molar-refractivity contribution in [3.63, 3.8) is 0 Å². The van der Waals surface area contributed by atoms with Crippen molar-refractivity contribution in [2.45, 2.75) is 32.7 Å². The molecule has 0 unspecified atom stereocenters. The number of nitrogens with zero attached hydrogens (tertiary/aromatic N) is 1. The highest BCUT2D eigenvalue weighted by molar-refractivity contribution is 5.95. The number of urea groups is 1. The van der Waals surface area contributed by atoms with Gasteiger partial charge < -0.3 is 20.0 Å². The summed E-state index contributed by atoms with van der Waals surface area (Å²) in [5, 5.41) is 13.0. The number of nitrogens with one attached hydrogen (secondary N) is 1. The number of rotatable bonds is 7. The quantitative estimate of drug-likeness (QED) is 0.720. The third-order valence-corrected chi connectivity index (χ3v) is 4.14. The van der Waals surface area contributed by atoms with E-state index in [2.05, 4.69) is 5.32 Å². The van der Waals surface area contributed by atoms with E-state index < -0.39 is 41.2 Å². The van der Waals surface area contributed by atoms with E-state index in [1.807, 2.05) is 0 Å². The summed E-state index contributed by atoms with van der Waals surface area (Å²) in [6.07, 6.45) is -0.195. The minimum absolute atomic E-state index is 0.0129. The molecule has 1 N–H and O–H groups in total. The number of amides is 2. The Morgan fingerprint density at radius 2 is 1.93 bits per heavy atom. The van der Waals surface area contributed by atoms with Gasteiger partial charge in [0.25, 0.3) is 0 Å². The number of carbonyl (C=O) groups is 3. The van der Waals surface area contributed by atoms with Crippen LogP contribution in [0.3, 0.4) is 0 Å². The minimum Gasteiger partial charge on any atom is -0.550 e. The summed E-state index contributed by atoms with van der Waals surface area (Å²) in [5.74, 6) is -3.93. The third kappa shape index (κ3) is 4.42. The lowest BCUT2D eigenvalue weighted by Crippen LogP contribution is -2.48. The fourth-order valence-electron chi connectivity index (χ4n) is 2.91. The van der Waals surface area contributed by atoms with Crippen LogP contribution in [-0.2, 0) is 14.3 Å². The molecule has 0 saturated heterocycles. The fourth-order valence-corrected chi connectivity index (χ4v) is 2.91. The van der Waals surface area contributed by atoms with Gasteiger partial charge in [-0.1, -0.05) is 6.07 Å². The Morgan fingerprint density at radius 1 is 1.30 bits per heavy atom. The van der Waals surface area contributed by atoms with Gasteiger partial charge in [0, 0.05) is 18.2 Å². The molecule has 2 amide bonds. The Labute approximate surface area is 154 Å². The highest BCUT2D eigenvalue weighted by Crippen LogP contribution is 2.34. The van der Waals surface area contributed by atoms with Crippen molar-refractivity contribution in [2.75, 3.05) is 13.2 Å². The van der Waals surface area contributed by atoms with Gasteiger partial charge in [0.2, 0.25) is 0 Å². The molecule has 1 aromatic carbocycles. The molecular formula is C18H19F2N2O5-. The van der Waals surface area contributed by atoms with Crippen LogP contribution in [0.2, 0.25) is 0 Å². The highest BCUT2D eigenvalue weighted by atomic mass is 19.1. The van der Waals surface area contributed by atoms with Crippen molar-refractivity contribution >= 4 is 18.0 Å². The predicted octanol–water partition coefficient (Wildman–Crippen LogP) is 1.40. The van der Waals surface area contributed by atoms with E-state index in [0.29, 0.717) is 0 Å². The van der Waals surface area contributed by atoms with E-state index in [1.54, 1.807) is 6.92 Å². The number of carbonyl (C=O) groups excluding carboxylic acids is 3. The van der Waals surface area contributed by atoms with Gasteiger partial charge in [-0.05, 0) is 38.8 Å². The summed E-state index contributed by atoms with van der Waals surface area (Å²) in [7, 11) is 0. The van der Waals surface area contributed by atoms with Gasteiger partial charge in [0.15, 0.2) is 0 Å². The molecule has 9 heteroatoms. The molecule has 0 aliphatic carbocycles. The average molecular weight is 381 g/mol. The van der Waals surface area contributed by atoms with E-state index in [-0.39, 0.29) is 37.3 Å². The Kier molecular flexibility index (Phi) is 6.49. The Bertz CT molecular complexity index is 774. The zero-order valence-corrected chi connectivity index (χ0v) is 14.9. The van der Waals surface area contributed by atoms with Crippen molar-refractivity contribution < 1.29 is 33.0 Å². The van der Waals surface area contributed by atoms with Crippen LogP contribution in [0, 0.1) is 11.6 Å².